The van der Waals surface area contributed by atoms with Gasteiger partial charge in [0.25, 0.3) is 5.91 Å². The highest BCUT2D eigenvalue weighted by molar-refractivity contribution is 8.76. The molecule has 1 aliphatic rings. The molecule has 254 valence electrons. The second kappa shape index (κ2) is 21.6. The van der Waals surface area contributed by atoms with Crippen molar-refractivity contribution in [2.75, 3.05) is 18.1 Å². The number of primary amides is 2. The second-order valence-electron chi connectivity index (χ2n) is 9.70. The number of nitrogens with one attached hydrogen (secondary N) is 2. The normalized spacial score (nSPS) is 12.7. The van der Waals surface area contributed by atoms with Crippen molar-refractivity contribution >= 4 is 51.6 Å². The molecule has 3 unspecified atom stereocenters. The van der Waals surface area contributed by atoms with Crippen LogP contribution in [-0.4, -0.2) is 76.4 Å². The van der Waals surface area contributed by atoms with Crippen molar-refractivity contribution in [3.8, 4) is 11.1 Å². The Hall–Kier alpha value is -4.07. The van der Waals surface area contributed by atoms with Gasteiger partial charge in [-0.1, -0.05) is 64.1 Å². The zero-order valence-electron chi connectivity index (χ0n) is 25.1. The van der Waals surface area contributed by atoms with Crippen LogP contribution in [-0.2, 0) is 32.1 Å². The minimum Gasteiger partial charge on any atom is -0.480 e. The number of hydrogen-bond donors (Lipinski definition) is 10. The molecule has 0 heterocycles. The van der Waals surface area contributed by atoms with Crippen LogP contribution in [0, 0.1) is 0 Å². The number of fused-ring (bicyclic) bond motifs is 3. The van der Waals surface area contributed by atoms with E-state index in [9.17, 15) is 19.2 Å². The maximum absolute atomic E-state index is 12.2. The van der Waals surface area contributed by atoms with Crippen molar-refractivity contribution in [1.82, 2.24) is 10.7 Å². The number of nitrogens with two attached hydrogens (primary N) is 6. The number of unbranched alkanes of at least 4 members (excludes halogenated alkanes) is 1. The Labute approximate surface area is 274 Å². The molecule has 18 heteroatoms. The monoisotopic (exact) mass is 682 g/mol. The SMILES string of the molecule is NC(CSSCC(N)C(=O)O)C(=O)O.NC(N)=O.NCCCCC(NC(=O)OCc1cccc2c1Cc1ccccc1-2)C(=O)NN. The molecule has 46 heavy (non-hydrogen) atoms. The quantitative estimate of drug-likeness (QED) is 0.0336. The first kappa shape index (κ1) is 40.0. The summed E-state index contributed by atoms with van der Waals surface area (Å²) in [6.07, 6.45) is 2.10. The van der Waals surface area contributed by atoms with E-state index in [1.807, 2.05) is 24.3 Å². The average molecular weight is 683 g/mol. The molecular formula is C28H42N8O8S2. The molecule has 2 aromatic rings. The zero-order valence-corrected chi connectivity index (χ0v) is 26.7. The molecule has 0 radical (unpaired) electrons. The van der Waals surface area contributed by atoms with E-state index in [0.29, 0.717) is 19.4 Å². The van der Waals surface area contributed by atoms with Gasteiger partial charge in [0.2, 0.25) is 0 Å². The molecule has 0 spiro atoms. The summed E-state index contributed by atoms with van der Waals surface area (Å²) < 4.78 is 5.39. The van der Waals surface area contributed by atoms with Crippen molar-refractivity contribution in [2.24, 2.45) is 34.5 Å². The first-order valence-corrected chi connectivity index (χ1v) is 16.4. The molecule has 16 N–H and O–H groups in total. The molecule has 1 aliphatic carbocycles. The van der Waals surface area contributed by atoms with Crippen LogP contribution in [0.2, 0.25) is 0 Å². The fraction of sp³-hybridized carbons (Fsp3) is 0.393. The van der Waals surface area contributed by atoms with Crippen LogP contribution in [0.1, 0.15) is 36.0 Å². The number of rotatable bonds is 15. The fourth-order valence-corrected chi connectivity index (χ4v) is 6.16. The molecule has 0 bridgehead atoms. The Morgan fingerprint density at radius 2 is 1.43 bits per heavy atom. The highest BCUT2D eigenvalue weighted by Crippen LogP contribution is 2.38. The lowest BCUT2D eigenvalue weighted by atomic mass is 10.0. The lowest BCUT2D eigenvalue weighted by Crippen LogP contribution is -2.49. The van der Waals surface area contributed by atoms with Crippen LogP contribution in [0.4, 0.5) is 9.59 Å². The summed E-state index contributed by atoms with van der Waals surface area (Å²) in [5, 5.41) is 19.4. The van der Waals surface area contributed by atoms with Gasteiger partial charge in [0.05, 0.1) is 0 Å². The van der Waals surface area contributed by atoms with Crippen LogP contribution in [0.25, 0.3) is 11.1 Å². The van der Waals surface area contributed by atoms with Crippen LogP contribution < -0.4 is 45.3 Å². The molecule has 0 saturated carbocycles. The summed E-state index contributed by atoms with van der Waals surface area (Å²) in [5.41, 5.74) is 32.3. The Balaban J connectivity index is 0.000000493. The van der Waals surface area contributed by atoms with Gasteiger partial charge in [0.15, 0.2) is 0 Å². The lowest BCUT2D eigenvalue weighted by molar-refractivity contribution is -0.138. The van der Waals surface area contributed by atoms with Crippen molar-refractivity contribution in [1.29, 1.82) is 0 Å². The molecule has 0 saturated heterocycles. The Morgan fingerprint density at radius 3 is 1.98 bits per heavy atom. The number of carboxylic acids is 2. The smallest absolute Gasteiger partial charge is 0.408 e. The van der Waals surface area contributed by atoms with Crippen LogP contribution in [0.3, 0.4) is 0 Å². The summed E-state index contributed by atoms with van der Waals surface area (Å²) in [6.45, 7) is 0.672. The van der Waals surface area contributed by atoms with Crippen molar-refractivity contribution < 1.29 is 38.9 Å². The number of aliphatic carboxylic acids is 2. The number of alkyl carbamates (subject to hydrolysis) is 1. The third-order valence-electron chi connectivity index (χ3n) is 6.22. The third-order valence-corrected chi connectivity index (χ3v) is 8.69. The van der Waals surface area contributed by atoms with E-state index in [1.165, 1.54) is 43.8 Å². The molecular weight excluding hydrogens is 640 g/mol. The second-order valence-corrected chi connectivity index (χ2v) is 12.3. The van der Waals surface area contributed by atoms with E-state index >= 15 is 0 Å². The fourth-order valence-electron chi connectivity index (χ4n) is 3.93. The number of benzene rings is 2. The maximum atomic E-state index is 12.2. The predicted octanol–water partition coefficient (Wildman–Crippen LogP) is 0.187. The number of carboxylic acid groups (broad SMARTS) is 2. The Kier molecular flexibility index (Phi) is 18.8. The average Bonchev–Trinajstić information content (AvgIpc) is 3.40. The number of hydrogen-bond acceptors (Lipinski definition) is 12. The standard InChI is InChI=1S/C21H26N4O3.C6H12N2O4S2.CH4N2O/c22-11-4-3-10-19(20(26)25-23)24-21(27)28-13-15-7-5-9-17-16-8-2-1-6-14(16)12-18(15)17;7-3(5(9)10)1-13-14-2-4(8)6(11)12;2-1(3)4/h1-2,5-9,19H,3-4,10-13,22-23H2,(H,24,27)(H,25,26);3-4H,1-2,7-8H2,(H,9,10)(H,11,12);(H4,2,3,4). The molecule has 4 amide bonds. The molecule has 3 atom stereocenters. The topological polar surface area (TPSA) is 315 Å². The summed E-state index contributed by atoms with van der Waals surface area (Å²) in [6, 6.07) is 10.9. The molecule has 0 aromatic heterocycles. The number of carbonyl (C=O) groups is 5. The van der Waals surface area contributed by atoms with Crippen LogP contribution in [0.15, 0.2) is 42.5 Å². The minimum absolute atomic E-state index is 0.142. The molecule has 2 aromatic carbocycles. The van der Waals surface area contributed by atoms with Gasteiger partial charge < -0.3 is 48.9 Å². The van der Waals surface area contributed by atoms with Gasteiger partial charge in [0.1, 0.15) is 24.7 Å². The number of urea groups is 1. The first-order chi connectivity index (χ1) is 21.8. The van der Waals surface area contributed by atoms with Crippen molar-refractivity contribution in [3.63, 3.8) is 0 Å². The number of carbonyl (C=O) groups excluding carboxylic acids is 3. The summed E-state index contributed by atoms with van der Waals surface area (Å²) >= 11 is 0. The third kappa shape index (κ3) is 14.8. The van der Waals surface area contributed by atoms with Gasteiger partial charge >= 0.3 is 24.1 Å². The van der Waals surface area contributed by atoms with Gasteiger partial charge in [0, 0.05) is 11.5 Å². The maximum Gasteiger partial charge on any atom is 0.408 e. The van der Waals surface area contributed by atoms with Gasteiger partial charge in [-0.3, -0.25) is 19.8 Å². The van der Waals surface area contributed by atoms with Gasteiger partial charge in [-0.05, 0) is 60.0 Å². The lowest BCUT2D eigenvalue weighted by Gasteiger charge is -2.17. The Morgan fingerprint density at radius 1 is 0.870 bits per heavy atom. The molecule has 0 fully saturated rings. The van der Waals surface area contributed by atoms with E-state index in [4.69, 9.17) is 42.8 Å². The number of amides is 4. The number of ether oxygens (including phenoxy) is 1. The van der Waals surface area contributed by atoms with E-state index in [1.54, 1.807) is 0 Å². The van der Waals surface area contributed by atoms with E-state index in [2.05, 4.69) is 40.4 Å². The summed E-state index contributed by atoms with van der Waals surface area (Å²) in [4.78, 5) is 53.6. The zero-order chi connectivity index (χ0) is 34.6. The summed E-state index contributed by atoms with van der Waals surface area (Å²) in [7, 11) is 2.41. The molecule has 3 rings (SSSR count). The Bertz CT molecular complexity index is 1290. The van der Waals surface area contributed by atoms with Gasteiger partial charge in [-0.15, -0.1) is 0 Å². The van der Waals surface area contributed by atoms with E-state index in [0.717, 1.165) is 18.4 Å². The minimum atomic E-state index is -1.07. The van der Waals surface area contributed by atoms with Crippen molar-refractivity contribution in [3.05, 3.63) is 59.2 Å². The highest BCUT2D eigenvalue weighted by atomic mass is 33.1. The van der Waals surface area contributed by atoms with Crippen molar-refractivity contribution in [2.45, 2.75) is 50.4 Å². The van der Waals surface area contributed by atoms with Crippen LogP contribution >= 0.6 is 21.6 Å². The van der Waals surface area contributed by atoms with Crippen LogP contribution in [0.5, 0.6) is 0 Å². The largest absolute Gasteiger partial charge is 0.480 e. The summed E-state index contributed by atoms with van der Waals surface area (Å²) in [5.74, 6) is 3.07. The first-order valence-electron chi connectivity index (χ1n) is 13.9. The predicted molar refractivity (Wildman–Crippen MR) is 177 cm³/mol. The van der Waals surface area contributed by atoms with E-state index < -0.39 is 48.1 Å². The highest BCUT2D eigenvalue weighted by Gasteiger charge is 2.23. The van der Waals surface area contributed by atoms with E-state index in [-0.39, 0.29) is 18.1 Å². The van der Waals surface area contributed by atoms with Gasteiger partial charge in [-0.2, -0.15) is 0 Å². The number of hydrazine groups is 1. The molecule has 16 nitrogen and oxygen atoms in total. The molecule has 0 aliphatic heterocycles. The van der Waals surface area contributed by atoms with Gasteiger partial charge in [-0.25, -0.2) is 15.4 Å².